The maximum Gasteiger partial charge on any atom is 0.271 e. The average molecular weight is 322 g/mol. The van der Waals surface area contributed by atoms with Gasteiger partial charge in [-0.15, -0.1) is 0 Å². The van der Waals surface area contributed by atoms with Gasteiger partial charge in [0, 0.05) is 25.9 Å². The zero-order chi connectivity index (χ0) is 16.7. The van der Waals surface area contributed by atoms with Gasteiger partial charge in [-0.05, 0) is 50.1 Å². The number of aliphatic hydroxyl groups excluding tert-OH is 1. The summed E-state index contributed by atoms with van der Waals surface area (Å²) in [5.74, 6) is -0.128. The Balaban J connectivity index is 1.94. The van der Waals surface area contributed by atoms with Crippen molar-refractivity contribution in [2.24, 2.45) is 5.41 Å². The van der Waals surface area contributed by atoms with Gasteiger partial charge in [0.15, 0.2) is 0 Å². The van der Waals surface area contributed by atoms with Crippen molar-refractivity contribution in [1.82, 2.24) is 20.4 Å². The first-order chi connectivity index (χ1) is 11.1. The fraction of sp³-hybridized carbons (Fsp3) is 0.765. The summed E-state index contributed by atoms with van der Waals surface area (Å²) in [6.07, 6.45) is 6.72. The van der Waals surface area contributed by atoms with Gasteiger partial charge in [0.05, 0.1) is 6.04 Å². The molecule has 0 bridgehead atoms. The zero-order valence-electron chi connectivity index (χ0n) is 14.3. The van der Waals surface area contributed by atoms with Crippen LogP contribution in [0.5, 0.6) is 0 Å². The molecule has 0 saturated carbocycles. The zero-order valence-corrected chi connectivity index (χ0v) is 14.3. The minimum Gasteiger partial charge on any atom is -0.396 e. The highest BCUT2D eigenvalue weighted by Crippen LogP contribution is 2.29. The predicted octanol–water partition coefficient (Wildman–Crippen LogP) is 1.73. The Morgan fingerprint density at radius 2 is 2.30 bits per heavy atom. The molecule has 1 aromatic heterocycles. The number of nitrogens with zero attached hydrogens (tertiary/aromatic N) is 2. The summed E-state index contributed by atoms with van der Waals surface area (Å²) in [5.41, 5.74) is 0.445. The largest absolute Gasteiger partial charge is 0.396 e. The Kier molecular flexibility index (Phi) is 6.59. The molecule has 1 aliphatic heterocycles. The van der Waals surface area contributed by atoms with Crippen LogP contribution >= 0.6 is 0 Å². The number of rotatable bonds is 8. The van der Waals surface area contributed by atoms with Gasteiger partial charge in [-0.2, -0.15) is 5.10 Å². The average Bonchev–Trinajstić information content (AvgIpc) is 3.09. The minimum atomic E-state index is -0.128. The first-order valence-corrected chi connectivity index (χ1v) is 8.79. The molecule has 1 aromatic rings. The molecule has 3 N–H and O–H groups in total. The summed E-state index contributed by atoms with van der Waals surface area (Å²) in [4.78, 5) is 12.4. The van der Waals surface area contributed by atoms with Crippen molar-refractivity contribution in [3.05, 3.63) is 18.0 Å². The number of amides is 1. The fourth-order valence-electron chi connectivity index (χ4n) is 3.26. The van der Waals surface area contributed by atoms with Crippen LogP contribution in [0.1, 0.15) is 62.5 Å². The summed E-state index contributed by atoms with van der Waals surface area (Å²) < 4.78 is 1.90. The van der Waals surface area contributed by atoms with Crippen LogP contribution in [0.2, 0.25) is 0 Å². The highest BCUT2D eigenvalue weighted by molar-refractivity contribution is 5.92. The van der Waals surface area contributed by atoms with E-state index in [1.165, 1.54) is 0 Å². The number of hydrogen-bond donors (Lipinski definition) is 3. The number of piperidine rings is 1. The lowest BCUT2D eigenvalue weighted by molar-refractivity contribution is 0.0901. The Labute approximate surface area is 138 Å². The second kappa shape index (κ2) is 8.45. The van der Waals surface area contributed by atoms with Gasteiger partial charge >= 0.3 is 0 Å². The van der Waals surface area contributed by atoms with Gasteiger partial charge in [0.25, 0.3) is 5.91 Å². The molecular formula is C17H30N4O2. The highest BCUT2D eigenvalue weighted by Gasteiger charge is 2.27. The van der Waals surface area contributed by atoms with Gasteiger partial charge in [0.2, 0.25) is 0 Å². The van der Waals surface area contributed by atoms with E-state index in [1.54, 1.807) is 6.07 Å². The van der Waals surface area contributed by atoms with Crippen LogP contribution in [0.3, 0.4) is 0 Å². The molecule has 0 spiro atoms. The molecule has 0 aromatic carbocycles. The summed E-state index contributed by atoms with van der Waals surface area (Å²) >= 11 is 0. The summed E-state index contributed by atoms with van der Waals surface area (Å²) in [6, 6.07) is 2.13. The lowest BCUT2D eigenvalue weighted by Crippen LogP contribution is -2.38. The van der Waals surface area contributed by atoms with E-state index in [9.17, 15) is 9.90 Å². The SMILES string of the molecule is CCC(CC)(CCO)CNC(=O)c1ccn(C2CCCNC2)n1. The van der Waals surface area contributed by atoms with E-state index < -0.39 is 0 Å². The van der Waals surface area contributed by atoms with E-state index in [0.29, 0.717) is 24.7 Å². The quantitative estimate of drug-likeness (QED) is 0.681. The first kappa shape index (κ1) is 17.9. The second-order valence-corrected chi connectivity index (χ2v) is 6.54. The van der Waals surface area contributed by atoms with Crippen molar-refractivity contribution in [1.29, 1.82) is 0 Å². The topological polar surface area (TPSA) is 79.2 Å². The Bertz CT molecular complexity index is 491. The standard InChI is InChI=1S/C17H30N4O2/c1-3-17(4-2,8-11-22)13-19-16(23)15-7-10-21(20-15)14-6-5-9-18-12-14/h7,10,14,18,22H,3-6,8-9,11-13H2,1-2H3,(H,19,23). The Morgan fingerprint density at radius 3 is 2.91 bits per heavy atom. The lowest BCUT2D eigenvalue weighted by Gasteiger charge is -2.31. The maximum atomic E-state index is 12.4. The Hall–Kier alpha value is -1.40. The summed E-state index contributed by atoms with van der Waals surface area (Å²) in [7, 11) is 0. The molecule has 1 unspecified atom stereocenters. The summed E-state index contributed by atoms with van der Waals surface area (Å²) in [5, 5.41) is 20.1. The number of aromatic nitrogens is 2. The predicted molar refractivity (Wildman–Crippen MR) is 90.4 cm³/mol. The van der Waals surface area contributed by atoms with Crippen LogP contribution in [0.15, 0.2) is 12.3 Å². The van der Waals surface area contributed by atoms with E-state index in [4.69, 9.17) is 0 Å². The third kappa shape index (κ3) is 4.54. The molecule has 2 heterocycles. The molecule has 1 atom stereocenters. The maximum absolute atomic E-state index is 12.4. The Morgan fingerprint density at radius 1 is 1.52 bits per heavy atom. The van der Waals surface area contributed by atoms with Crippen molar-refractivity contribution in [2.75, 3.05) is 26.2 Å². The highest BCUT2D eigenvalue weighted by atomic mass is 16.3. The van der Waals surface area contributed by atoms with Gasteiger partial charge in [-0.3, -0.25) is 9.48 Å². The van der Waals surface area contributed by atoms with Crippen molar-refractivity contribution in [3.63, 3.8) is 0 Å². The molecule has 6 nitrogen and oxygen atoms in total. The van der Waals surface area contributed by atoms with E-state index >= 15 is 0 Å². The van der Waals surface area contributed by atoms with Crippen molar-refractivity contribution < 1.29 is 9.90 Å². The fourth-order valence-corrected chi connectivity index (χ4v) is 3.26. The van der Waals surface area contributed by atoms with Crippen LogP contribution in [0, 0.1) is 5.41 Å². The van der Waals surface area contributed by atoms with E-state index in [-0.39, 0.29) is 17.9 Å². The molecule has 1 fully saturated rings. The molecule has 2 rings (SSSR count). The van der Waals surface area contributed by atoms with Gasteiger partial charge in [-0.25, -0.2) is 0 Å². The van der Waals surface area contributed by atoms with Crippen LogP contribution in [-0.4, -0.2) is 47.0 Å². The molecule has 23 heavy (non-hydrogen) atoms. The summed E-state index contributed by atoms with van der Waals surface area (Å²) in [6.45, 7) is 6.92. The van der Waals surface area contributed by atoms with Crippen LogP contribution < -0.4 is 10.6 Å². The van der Waals surface area contributed by atoms with E-state index in [2.05, 4.69) is 29.6 Å². The third-order valence-corrected chi connectivity index (χ3v) is 5.25. The normalized spacial score (nSPS) is 18.8. The second-order valence-electron chi connectivity index (χ2n) is 6.54. The van der Waals surface area contributed by atoms with Crippen molar-refractivity contribution >= 4 is 5.91 Å². The molecule has 1 amide bonds. The number of carbonyl (C=O) groups excluding carboxylic acids is 1. The molecule has 1 aliphatic rings. The number of carbonyl (C=O) groups is 1. The van der Waals surface area contributed by atoms with E-state index in [1.807, 2.05) is 10.9 Å². The molecule has 0 aliphatic carbocycles. The molecular weight excluding hydrogens is 292 g/mol. The monoisotopic (exact) mass is 322 g/mol. The third-order valence-electron chi connectivity index (χ3n) is 5.25. The number of aliphatic hydroxyl groups is 1. The van der Waals surface area contributed by atoms with Gasteiger partial charge in [-0.1, -0.05) is 13.8 Å². The van der Waals surface area contributed by atoms with Gasteiger partial charge < -0.3 is 15.7 Å². The molecule has 130 valence electrons. The van der Waals surface area contributed by atoms with Crippen molar-refractivity contribution in [2.45, 2.75) is 52.0 Å². The number of nitrogens with one attached hydrogen (secondary N) is 2. The van der Waals surface area contributed by atoms with Gasteiger partial charge in [0.1, 0.15) is 5.69 Å². The van der Waals surface area contributed by atoms with Crippen LogP contribution in [-0.2, 0) is 0 Å². The van der Waals surface area contributed by atoms with E-state index in [0.717, 1.165) is 38.8 Å². The smallest absolute Gasteiger partial charge is 0.271 e. The van der Waals surface area contributed by atoms with Crippen LogP contribution in [0.25, 0.3) is 0 Å². The molecule has 1 saturated heterocycles. The lowest BCUT2D eigenvalue weighted by atomic mass is 9.79. The number of hydrogen-bond acceptors (Lipinski definition) is 4. The first-order valence-electron chi connectivity index (χ1n) is 8.79. The van der Waals surface area contributed by atoms with Crippen molar-refractivity contribution in [3.8, 4) is 0 Å². The van der Waals surface area contributed by atoms with Crippen LogP contribution in [0.4, 0.5) is 0 Å². The molecule has 0 radical (unpaired) electrons. The molecule has 6 heteroatoms. The minimum absolute atomic E-state index is 0.0275.